The van der Waals surface area contributed by atoms with Crippen LogP contribution < -0.4 is 5.32 Å². The topological polar surface area (TPSA) is 15.3 Å². The Labute approximate surface area is 101 Å². The van der Waals surface area contributed by atoms with Gasteiger partial charge < -0.3 is 9.80 Å². The molecule has 0 aromatic carbocycles. The average Bonchev–Trinajstić information content (AvgIpc) is 2.70. The van der Waals surface area contributed by atoms with Crippen molar-refractivity contribution >= 4 is 0 Å². The first-order chi connectivity index (χ1) is 7.74. The second-order valence-electron chi connectivity index (χ2n) is 5.21. The molecule has 0 aromatic heterocycles. The van der Waals surface area contributed by atoms with Crippen molar-refractivity contribution in [3.05, 3.63) is 0 Å². The summed E-state index contributed by atoms with van der Waals surface area (Å²) in [6, 6.07) is 0. The van der Waals surface area contributed by atoms with Crippen molar-refractivity contribution in [3.63, 3.8) is 0 Å². The Balaban J connectivity index is 0.000000606. The Kier molecular flexibility index (Phi) is 5.73. The van der Waals surface area contributed by atoms with Crippen LogP contribution >= 0.6 is 0 Å². The molecule has 0 saturated carbocycles. The highest BCUT2D eigenvalue weighted by molar-refractivity contribution is 4.72. The van der Waals surface area contributed by atoms with Crippen LogP contribution in [0.5, 0.6) is 0 Å². The SMILES string of the molecule is CC.CNCC1CC[N+]2(CCN(C)CC2)C1. The van der Waals surface area contributed by atoms with Crippen LogP contribution in [-0.4, -0.2) is 69.3 Å². The monoisotopic (exact) mass is 228 g/mol. The highest BCUT2D eigenvalue weighted by Crippen LogP contribution is 2.25. The molecule has 16 heavy (non-hydrogen) atoms. The molecule has 96 valence electrons. The molecule has 2 aliphatic rings. The Morgan fingerprint density at radius 2 is 1.81 bits per heavy atom. The molecule has 0 bridgehead atoms. The summed E-state index contributed by atoms with van der Waals surface area (Å²) in [6.07, 6.45) is 1.44. The van der Waals surface area contributed by atoms with Gasteiger partial charge in [-0.05, 0) is 14.1 Å². The van der Waals surface area contributed by atoms with Gasteiger partial charge >= 0.3 is 0 Å². The van der Waals surface area contributed by atoms with Crippen LogP contribution in [0.15, 0.2) is 0 Å². The highest BCUT2D eigenvalue weighted by atomic mass is 15.4. The zero-order chi connectivity index (χ0) is 12.0. The van der Waals surface area contributed by atoms with Gasteiger partial charge in [0.15, 0.2) is 0 Å². The summed E-state index contributed by atoms with van der Waals surface area (Å²) in [4.78, 5) is 2.47. The van der Waals surface area contributed by atoms with E-state index in [9.17, 15) is 0 Å². The van der Waals surface area contributed by atoms with Crippen LogP contribution in [0.4, 0.5) is 0 Å². The van der Waals surface area contributed by atoms with Gasteiger partial charge in [-0.25, -0.2) is 0 Å². The lowest BCUT2D eigenvalue weighted by Gasteiger charge is -2.41. The molecule has 2 rings (SSSR count). The molecule has 1 N–H and O–H groups in total. The zero-order valence-corrected chi connectivity index (χ0v) is 11.6. The summed E-state index contributed by atoms with van der Waals surface area (Å²) in [6.45, 7) is 13.4. The normalized spacial score (nSPS) is 28.9. The number of hydrogen-bond acceptors (Lipinski definition) is 2. The Morgan fingerprint density at radius 1 is 1.19 bits per heavy atom. The molecule has 2 heterocycles. The number of quaternary nitrogens is 1. The molecular formula is C13H30N3+. The Hall–Kier alpha value is -0.120. The molecule has 0 radical (unpaired) electrons. The molecule has 0 amide bonds. The summed E-state index contributed by atoms with van der Waals surface area (Å²) >= 11 is 0. The van der Waals surface area contributed by atoms with Crippen LogP contribution in [0, 0.1) is 5.92 Å². The fourth-order valence-electron chi connectivity index (χ4n) is 3.04. The average molecular weight is 228 g/mol. The first-order valence-corrected chi connectivity index (χ1v) is 6.92. The predicted molar refractivity (Wildman–Crippen MR) is 70.6 cm³/mol. The summed E-state index contributed by atoms with van der Waals surface area (Å²) < 4.78 is 1.41. The zero-order valence-electron chi connectivity index (χ0n) is 11.6. The highest BCUT2D eigenvalue weighted by Gasteiger charge is 2.39. The predicted octanol–water partition coefficient (Wildman–Crippen LogP) is 1.01. The van der Waals surface area contributed by atoms with Crippen molar-refractivity contribution in [2.75, 3.05) is 59.9 Å². The van der Waals surface area contributed by atoms with E-state index in [0.29, 0.717) is 0 Å². The second-order valence-corrected chi connectivity index (χ2v) is 5.21. The Bertz CT molecular complexity index is 186. The van der Waals surface area contributed by atoms with Crippen LogP contribution in [0.3, 0.4) is 0 Å². The first-order valence-electron chi connectivity index (χ1n) is 6.92. The molecule has 2 fully saturated rings. The van der Waals surface area contributed by atoms with E-state index in [-0.39, 0.29) is 0 Å². The van der Waals surface area contributed by atoms with Gasteiger partial charge in [-0.2, -0.15) is 0 Å². The van der Waals surface area contributed by atoms with Crippen LogP contribution in [-0.2, 0) is 0 Å². The van der Waals surface area contributed by atoms with Gasteiger partial charge in [0.25, 0.3) is 0 Å². The molecular weight excluding hydrogens is 198 g/mol. The Morgan fingerprint density at radius 3 is 2.38 bits per heavy atom. The summed E-state index contributed by atoms with van der Waals surface area (Å²) in [7, 11) is 4.32. The molecule has 3 nitrogen and oxygen atoms in total. The van der Waals surface area contributed by atoms with E-state index >= 15 is 0 Å². The molecule has 0 aliphatic carbocycles. The number of nitrogens with zero attached hydrogens (tertiary/aromatic N) is 2. The number of likely N-dealkylation sites (N-methyl/N-ethyl adjacent to an activating group) is 1. The van der Waals surface area contributed by atoms with Crippen molar-refractivity contribution in [3.8, 4) is 0 Å². The molecule has 3 heteroatoms. The van der Waals surface area contributed by atoms with Crippen LogP contribution in [0.1, 0.15) is 20.3 Å². The summed E-state index contributed by atoms with van der Waals surface area (Å²) in [5.74, 6) is 0.934. The standard InChI is InChI=1S/C11H24N3.C2H6/c1-12-9-11-3-6-14(10-11)7-4-13(2)5-8-14;1-2/h11-12H,3-10H2,1-2H3;1-2H3/q+1;. The molecule has 1 unspecified atom stereocenters. The fraction of sp³-hybridized carbons (Fsp3) is 1.00. The first kappa shape index (κ1) is 13.9. The van der Waals surface area contributed by atoms with Gasteiger partial charge in [0.2, 0.25) is 0 Å². The van der Waals surface area contributed by atoms with Crippen molar-refractivity contribution < 1.29 is 4.48 Å². The molecule has 2 saturated heterocycles. The van der Waals surface area contributed by atoms with Crippen molar-refractivity contribution in [2.24, 2.45) is 5.92 Å². The minimum atomic E-state index is 0.934. The van der Waals surface area contributed by atoms with E-state index in [1.807, 2.05) is 13.8 Å². The van der Waals surface area contributed by atoms with E-state index in [4.69, 9.17) is 0 Å². The van der Waals surface area contributed by atoms with Crippen molar-refractivity contribution in [2.45, 2.75) is 20.3 Å². The van der Waals surface area contributed by atoms with Gasteiger partial charge in [-0.15, -0.1) is 0 Å². The smallest absolute Gasteiger partial charge is 0.0916 e. The third-order valence-corrected chi connectivity index (χ3v) is 4.06. The van der Waals surface area contributed by atoms with Gasteiger partial charge in [0, 0.05) is 32.0 Å². The number of nitrogens with one attached hydrogen (secondary N) is 1. The quantitative estimate of drug-likeness (QED) is 0.710. The lowest BCUT2D eigenvalue weighted by molar-refractivity contribution is -0.921. The lowest BCUT2D eigenvalue weighted by atomic mass is 10.1. The number of hydrogen-bond donors (Lipinski definition) is 1. The third kappa shape index (κ3) is 3.44. The molecule has 1 spiro atoms. The van der Waals surface area contributed by atoms with E-state index in [1.165, 1.54) is 56.7 Å². The van der Waals surface area contributed by atoms with Gasteiger partial charge in [0.05, 0.1) is 26.2 Å². The number of piperazine rings is 1. The summed E-state index contributed by atoms with van der Waals surface area (Å²) in [5, 5.41) is 3.32. The second kappa shape index (κ2) is 6.58. The summed E-state index contributed by atoms with van der Waals surface area (Å²) in [5.41, 5.74) is 0. The molecule has 1 atom stereocenters. The minimum Gasteiger partial charge on any atom is -0.321 e. The van der Waals surface area contributed by atoms with E-state index in [2.05, 4.69) is 24.3 Å². The van der Waals surface area contributed by atoms with Gasteiger partial charge in [-0.3, -0.25) is 4.90 Å². The maximum absolute atomic E-state index is 3.32. The molecule has 0 aromatic rings. The maximum Gasteiger partial charge on any atom is 0.0916 e. The fourth-order valence-corrected chi connectivity index (χ4v) is 3.04. The minimum absolute atomic E-state index is 0.934. The van der Waals surface area contributed by atoms with E-state index in [0.717, 1.165) is 5.92 Å². The molecule has 2 aliphatic heterocycles. The van der Waals surface area contributed by atoms with E-state index < -0.39 is 0 Å². The maximum atomic E-state index is 3.32. The lowest BCUT2D eigenvalue weighted by Crippen LogP contribution is -2.57. The van der Waals surface area contributed by atoms with E-state index in [1.54, 1.807) is 0 Å². The van der Waals surface area contributed by atoms with Gasteiger partial charge in [-0.1, -0.05) is 13.8 Å². The largest absolute Gasteiger partial charge is 0.321 e. The van der Waals surface area contributed by atoms with Gasteiger partial charge in [0.1, 0.15) is 0 Å². The van der Waals surface area contributed by atoms with Crippen molar-refractivity contribution in [1.82, 2.24) is 10.2 Å². The van der Waals surface area contributed by atoms with Crippen molar-refractivity contribution in [1.29, 1.82) is 0 Å². The number of rotatable bonds is 2. The van der Waals surface area contributed by atoms with Crippen LogP contribution in [0.25, 0.3) is 0 Å². The van der Waals surface area contributed by atoms with Crippen LogP contribution in [0.2, 0.25) is 0 Å². The third-order valence-electron chi connectivity index (χ3n) is 4.06.